The molecule has 1 unspecified atom stereocenters. The van der Waals surface area contributed by atoms with Gasteiger partial charge in [-0.1, -0.05) is 6.08 Å². The molecule has 11 heavy (non-hydrogen) atoms. The van der Waals surface area contributed by atoms with E-state index in [2.05, 4.69) is 11.9 Å². The van der Waals surface area contributed by atoms with Gasteiger partial charge in [-0.15, -0.1) is 6.58 Å². The van der Waals surface area contributed by atoms with Gasteiger partial charge in [-0.25, -0.2) is 0 Å². The van der Waals surface area contributed by atoms with E-state index in [4.69, 9.17) is 5.73 Å². The predicted molar refractivity (Wildman–Crippen MR) is 46.1 cm³/mol. The molecule has 3 nitrogen and oxygen atoms in total. The number of nitrogens with two attached hydrogens (primary N) is 1. The zero-order valence-electron chi connectivity index (χ0n) is 7.13. The van der Waals surface area contributed by atoms with Crippen LogP contribution in [0, 0.1) is 0 Å². The number of hydrogen-bond donors (Lipinski definition) is 2. The lowest BCUT2D eigenvalue weighted by molar-refractivity contribution is -0.122. The summed E-state index contributed by atoms with van der Waals surface area (Å²) in [6, 6.07) is -0.298. The average molecular weight is 156 g/mol. The van der Waals surface area contributed by atoms with Gasteiger partial charge in [-0.3, -0.25) is 4.79 Å². The summed E-state index contributed by atoms with van der Waals surface area (Å²) in [7, 11) is 0. The molecule has 0 radical (unpaired) electrons. The molecule has 0 saturated heterocycles. The van der Waals surface area contributed by atoms with Crippen LogP contribution in [0.15, 0.2) is 12.7 Å². The van der Waals surface area contributed by atoms with Gasteiger partial charge in [0.05, 0.1) is 6.04 Å². The van der Waals surface area contributed by atoms with Crippen LogP contribution in [0.25, 0.3) is 0 Å². The van der Waals surface area contributed by atoms with Crippen molar-refractivity contribution in [3.63, 3.8) is 0 Å². The smallest absolute Gasteiger partial charge is 0.236 e. The number of hydrogen-bond acceptors (Lipinski definition) is 2. The molecular formula is C8H16N2O. The van der Waals surface area contributed by atoms with Crippen LogP contribution < -0.4 is 11.1 Å². The SMILES string of the molecule is C=CCC(C)NC(=O)[C@H](C)N. The van der Waals surface area contributed by atoms with Crippen LogP contribution in [0.3, 0.4) is 0 Å². The molecular weight excluding hydrogens is 140 g/mol. The van der Waals surface area contributed by atoms with Crippen LogP contribution in [0.5, 0.6) is 0 Å². The highest BCUT2D eigenvalue weighted by atomic mass is 16.2. The number of amides is 1. The van der Waals surface area contributed by atoms with E-state index in [9.17, 15) is 4.79 Å². The highest BCUT2D eigenvalue weighted by molar-refractivity contribution is 5.81. The van der Waals surface area contributed by atoms with E-state index >= 15 is 0 Å². The Hall–Kier alpha value is -0.830. The quantitative estimate of drug-likeness (QED) is 0.579. The molecule has 0 saturated carbocycles. The maximum atomic E-state index is 11.0. The number of nitrogens with one attached hydrogen (secondary N) is 1. The van der Waals surface area contributed by atoms with Crippen molar-refractivity contribution < 1.29 is 4.79 Å². The Kier molecular flexibility index (Phi) is 4.54. The minimum absolute atomic E-state index is 0.112. The second-order valence-electron chi connectivity index (χ2n) is 2.72. The normalized spacial score (nSPS) is 15.2. The van der Waals surface area contributed by atoms with Gasteiger partial charge in [-0.05, 0) is 20.3 Å². The third-order valence-corrected chi connectivity index (χ3v) is 1.32. The lowest BCUT2D eigenvalue weighted by Gasteiger charge is -2.13. The third-order valence-electron chi connectivity index (χ3n) is 1.32. The van der Waals surface area contributed by atoms with Gasteiger partial charge in [-0.2, -0.15) is 0 Å². The molecule has 0 aliphatic carbocycles. The van der Waals surface area contributed by atoms with Crippen molar-refractivity contribution in [2.24, 2.45) is 5.73 Å². The van der Waals surface area contributed by atoms with E-state index < -0.39 is 6.04 Å². The second-order valence-corrected chi connectivity index (χ2v) is 2.72. The molecule has 1 amide bonds. The summed E-state index contributed by atoms with van der Waals surface area (Å²) in [5.41, 5.74) is 5.34. The van der Waals surface area contributed by atoms with Crippen LogP contribution in [-0.2, 0) is 4.79 Å². The fraction of sp³-hybridized carbons (Fsp3) is 0.625. The lowest BCUT2D eigenvalue weighted by Crippen LogP contribution is -2.42. The second kappa shape index (κ2) is 4.91. The zero-order valence-corrected chi connectivity index (χ0v) is 7.13. The Morgan fingerprint density at radius 2 is 2.27 bits per heavy atom. The maximum absolute atomic E-state index is 11.0. The van der Waals surface area contributed by atoms with E-state index in [-0.39, 0.29) is 11.9 Å². The standard InChI is InChI=1S/C8H16N2O/c1-4-5-6(2)10-8(11)7(3)9/h4,6-7H,1,5,9H2,2-3H3,(H,10,11)/t6?,7-/m0/s1. The first-order valence-electron chi connectivity index (χ1n) is 3.74. The largest absolute Gasteiger partial charge is 0.352 e. The fourth-order valence-corrected chi connectivity index (χ4v) is 0.683. The molecule has 0 aliphatic rings. The molecule has 3 heteroatoms. The molecule has 0 aromatic heterocycles. The molecule has 0 spiro atoms. The van der Waals surface area contributed by atoms with Crippen LogP contribution in [0.1, 0.15) is 20.3 Å². The van der Waals surface area contributed by atoms with Crippen LogP contribution in [-0.4, -0.2) is 18.0 Å². The van der Waals surface area contributed by atoms with Gasteiger partial charge in [0.1, 0.15) is 0 Å². The molecule has 0 aromatic rings. The van der Waals surface area contributed by atoms with Gasteiger partial charge in [0.25, 0.3) is 0 Å². The summed E-state index contributed by atoms with van der Waals surface area (Å²) < 4.78 is 0. The van der Waals surface area contributed by atoms with Gasteiger partial charge in [0.2, 0.25) is 5.91 Å². The molecule has 0 rings (SSSR count). The van der Waals surface area contributed by atoms with Gasteiger partial charge in [0.15, 0.2) is 0 Å². The Morgan fingerprint density at radius 1 is 1.73 bits per heavy atom. The summed E-state index contributed by atoms with van der Waals surface area (Å²) in [6.45, 7) is 7.15. The first-order valence-corrected chi connectivity index (χ1v) is 3.74. The van der Waals surface area contributed by atoms with E-state index in [1.54, 1.807) is 13.0 Å². The van der Waals surface area contributed by atoms with E-state index in [1.165, 1.54) is 0 Å². The van der Waals surface area contributed by atoms with Crippen LogP contribution in [0.2, 0.25) is 0 Å². The van der Waals surface area contributed by atoms with Crippen molar-refractivity contribution in [3.05, 3.63) is 12.7 Å². The molecule has 0 fully saturated rings. The summed E-state index contributed by atoms with van der Waals surface area (Å²) in [5, 5.41) is 2.75. The Morgan fingerprint density at radius 3 is 2.64 bits per heavy atom. The monoisotopic (exact) mass is 156 g/mol. The molecule has 0 aromatic carbocycles. The number of rotatable bonds is 4. The van der Waals surface area contributed by atoms with Gasteiger partial charge in [0, 0.05) is 6.04 Å². The number of carbonyl (C=O) groups is 1. The molecule has 2 atom stereocenters. The van der Waals surface area contributed by atoms with Crippen molar-refractivity contribution in [3.8, 4) is 0 Å². The number of carbonyl (C=O) groups excluding carboxylic acids is 1. The first kappa shape index (κ1) is 10.2. The molecule has 0 bridgehead atoms. The minimum atomic E-state index is -0.428. The third kappa shape index (κ3) is 4.56. The summed E-state index contributed by atoms with van der Waals surface area (Å²) in [6.07, 6.45) is 2.55. The molecule has 0 aliphatic heterocycles. The molecule has 64 valence electrons. The van der Waals surface area contributed by atoms with Crippen LogP contribution in [0.4, 0.5) is 0 Å². The Bertz CT molecular complexity index is 143. The van der Waals surface area contributed by atoms with Crippen molar-refractivity contribution in [1.29, 1.82) is 0 Å². The van der Waals surface area contributed by atoms with Crippen molar-refractivity contribution in [1.82, 2.24) is 5.32 Å². The average Bonchev–Trinajstić information content (AvgIpc) is 1.87. The van der Waals surface area contributed by atoms with Crippen molar-refractivity contribution in [2.75, 3.05) is 0 Å². The summed E-state index contributed by atoms with van der Waals surface area (Å²) >= 11 is 0. The highest BCUT2D eigenvalue weighted by Crippen LogP contribution is 1.90. The Balaban J connectivity index is 3.65. The molecule has 0 heterocycles. The van der Waals surface area contributed by atoms with E-state index in [0.717, 1.165) is 6.42 Å². The predicted octanol–water partition coefficient (Wildman–Crippen LogP) is 0.414. The van der Waals surface area contributed by atoms with Crippen molar-refractivity contribution in [2.45, 2.75) is 32.4 Å². The lowest BCUT2D eigenvalue weighted by atomic mass is 10.2. The van der Waals surface area contributed by atoms with Crippen molar-refractivity contribution >= 4 is 5.91 Å². The topological polar surface area (TPSA) is 55.1 Å². The van der Waals surface area contributed by atoms with Crippen LogP contribution >= 0.6 is 0 Å². The zero-order chi connectivity index (χ0) is 8.85. The highest BCUT2D eigenvalue weighted by Gasteiger charge is 2.08. The van der Waals surface area contributed by atoms with E-state index in [0.29, 0.717) is 0 Å². The van der Waals surface area contributed by atoms with Gasteiger partial charge < -0.3 is 11.1 Å². The maximum Gasteiger partial charge on any atom is 0.236 e. The van der Waals surface area contributed by atoms with E-state index in [1.807, 2.05) is 6.92 Å². The summed E-state index contributed by atoms with van der Waals surface area (Å²) in [5.74, 6) is -0.112. The minimum Gasteiger partial charge on any atom is -0.352 e. The fourth-order valence-electron chi connectivity index (χ4n) is 0.683. The van der Waals surface area contributed by atoms with Gasteiger partial charge >= 0.3 is 0 Å². The molecule has 3 N–H and O–H groups in total. The first-order chi connectivity index (χ1) is 5.07. The Labute approximate surface area is 67.7 Å². The summed E-state index contributed by atoms with van der Waals surface area (Å²) in [4.78, 5) is 11.0.